The van der Waals surface area contributed by atoms with Crippen LogP contribution >= 0.6 is 22.9 Å². The molecule has 2 N–H and O–H groups in total. The van der Waals surface area contributed by atoms with Gasteiger partial charge in [-0.1, -0.05) is 0 Å². The van der Waals surface area contributed by atoms with Gasteiger partial charge in [-0.3, -0.25) is 4.40 Å². The van der Waals surface area contributed by atoms with Gasteiger partial charge in [0.2, 0.25) is 0 Å². The van der Waals surface area contributed by atoms with Gasteiger partial charge in [-0.25, -0.2) is 4.98 Å². The first-order chi connectivity index (χ1) is 8.24. The molecule has 0 aliphatic heterocycles. The van der Waals surface area contributed by atoms with Crippen LogP contribution in [0.3, 0.4) is 0 Å². The minimum absolute atomic E-state index is 0.189. The molecule has 3 heterocycles. The van der Waals surface area contributed by atoms with E-state index >= 15 is 0 Å². The quantitative estimate of drug-likeness (QED) is 0.794. The van der Waals surface area contributed by atoms with Gasteiger partial charge in [0.15, 0.2) is 10.2 Å². The lowest BCUT2D eigenvalue weighted by molar-refractivity contribution is 0.560. The van der Waals surface area contributed by atoms with E-state index in [1.165, 1.54) is 0 Å². The number of hydrogen-bond acceptors (Lipinski definition) is 4. The number of thiazole rings is 1. The van der Waals surface area contributed by atoms with Gasteiger partial charge in [-0.05, 0) is 17.7 Å². The number of halogens is 1. The molecule has 1 atom stereocenters. The van der Waals surface area contributed by atoms with E-state index < -0.39 is 0 Å². The van der Waals surface area contributed by atoms with E-state index in [-0.39, 0.29) is 6.04 Å². The summed E-state index contributed by atoms with van der Waals surface area (Å²) in [5, 5.41) is 2.36. The minimum atomic E-state index is -0.189. The Morgan fingerprint density at radius 3 is 3.18 bits per heavy atom. The van der Waals surface area contributed by atoms with Gasteiger partial charge in [0.1, 0.15) is 0 Å². The molecular formula is C11H10ClN3OS. The standard InChI is InChI=1S/C11H10ClN3OS/c12-10-8(1-3-16-10)9(13)5-7-6-15-2-4-17-11(15)14-7/h1-4,6,9H,5,13H2. The van der Waals surface area contributed by atoms with Crippen molar-refractivity contribution in [1.29, 1.82) is 0 Å². The maximum absolute atomic E-state index is 6.07. The maximum atomic E-state index is 6.07. The molecule has 0 bridgehead atoms. The summed E-state index contributed by atoms with van der Waals surface area (Å²) in [5.74, 6) is 0. The van der Waals surface area contributed by atoms with E-state index in [1.54, 1.807) is 23.7 Å². The molecule has 0 aliphatic rings. The molecule has 0 fully saturated rings. The molecule has 6 heteroatoms. The Labute approximate surface area is 107 Å². The van der Waals surface area contributed by atoms with Crippen molar-refractivity contribution in [1.82, 2.24) is 9.38 Å². The summed E-state index contributed by atoms with van der Waals surface area (Å²) < 4.78 is 7.02. The third-order valence-corrected chi connectivity index (χ3v) is 3.70. The molecule has 88 valence electrons. The molecule has 3 aromatic rings. The zero-order valence-electron chi connectivity index (χ0n) is 8.84. The number of furan rings is 1. The van der Waals surface area contributed by atoms with Gasteiger partial charge in [-0.15, -0.1) is 11.3 Å². The number of fused-ring (bicyclic) bond motifs is 1. The van der Waals surface area contributed by atoms with Crippen LogP contribution < -0.4 is 5.73 Å². The van der Waals surface area contributed by atoms with Crippen molar-refractivity contribution in [3.05, 3.63) is 46.6 Å². The largest absolute Gasteiger partial charge is 0.453 e. The summed E-state index contributed by atoms with van der Waals surface area (Å²) in [6.07, 6.45) is 6.16. The van der Waals surface area contributed by atoms with Crippen molar-refractivity contribution in [2.45, 2.75) is 12.5 Å². The van der Waals surface area contributed by atoms with Gasteiger partial charge in [0.05, 0.1) is 12.0 Å². The van der Waals surface area contributed by atoms with E-state index in [0.717, 1.165) is 16.2 Å². The van der Waals surface area contributed by atoms with Crippen LogP contribution in [0, 0.1) is 0 Å². The van der Waals surface area contributed by atoms with Crippen molar-refractivity contribution in [2.75, 3.05) is 0 Å². The van der Waals surface area contributed by atoms with Crippen molar-refractivity contribution < 1.29 is 4.42 Å². The molecule has 0 saturated heterocycles. The van der Waals surface area contributed by atoms with Crippen molar-refractivity contribution in [3.63, 3.8) is 0 Å². The molecule has 3 aromatic heterocycles. The minimum Gasteiger partial charge on any atom is -0.453 e. The second-order valence-corrected chi connectivity index (χ2v) is 5.00. The SMILES string of the molecule is NC(Cc1cn2ccsc2n1)c1ccoc1Cl. The normalized spacial score (nSPS) is 13.3. The van der Waals surface area contributed by atoms with E-state index in [0.29, 0.717) is 11.6 Å². The zero-order chi connectivity index (χ0) is 11.8. The average Bonchev–Trinajstić information content (AvgIpc) is 2.92. The lowest BCUT2D eigenvalue weighted by Crippen LogP contribution is -2.13. The van der Waals surface area contributed by atoms with Crippen LogP contribution in [0.25, 0.3) is 4.96 Å². The summed E-state index contributed by atoms with van der Waals surface area (Å²) in [5.41, 5.74) is 7.85. The number of rotatable bonds is 3. The van der Waals surface area contributed by atoms with Crippen LogP contribution in [-0.4, -0.2) is 9.38 Å². The summed E-state index contributed by atoms with van der Waals surface area (Å²) in [6, 6.07) is 1.61. The van der Waals surface area contributed by atoms with Crippen LogP contribution in [0.5, 0.6) is 0 Å². The molecule has 0 saturated carbocycles. The zero-order valence-corrected chi connectivity index (χ0v) is 10.4. The highest BCUT2D eigenvalue weighted by Gasteiger charge is 2.15. The molecule has 4 nitrogen and oxygen atoms in total. The van der Waals surface area contributed by atoms with Gasteiger partial charge in [0, 0.05) is 35.8 Å². The Morgan fingerprint density at radius 2 is 2.47 bits per heavy atom. The Balaban J connectivity index is 1.83. The Kier molecular flexibility index (Phi) is 2.66. The second kappa shape index (κ2) is 4.18. The van der Waals surface area contributed by atoms with Crippen molar-refractivity contribution in [2.24, 2.45) is 5.73 Å². The van der Waals surface area contributed by atoms with Gasteiger partial charge in [-0.2, -0.15) is 0 Å². The van der Waals surface area contributed by atoms with E-state index in [4.69, 9.17) is 21.8 Å². The van der Waals surface area contributed by atoms with E-state index in [2.05, 4.69) is 4.98 Å². The van der Waals surface area contributed by atoms with Crippen LogP contribution in [0.1, 0.15) is 17.3 Å². The molecule has 0 aliphatic carbocycles. The monoisotopic (exact) mass is 267 g/mol. The van der Waals surface area contributed by atoms with Crippen LogP contribution in [0.15, 0.2) is 34.5 Å². The Morgan fingerprint density at radius 1 is 1.59 bits per heavy atom. The number of hydrogen-bond donors (Lipinski definition) is 1. The lowest BCUT2D eigenvalue weighted by Gasteiger charge is -2.07. The summed E-state index contributed by atoms with van der Waals surface area (Å²) in [6.45, 7) is 0. The average molecular weight is 268 g/mol. The molecule has 0 spiro atoms. The highest BCUT2D eigenvalue weighted by atomic mass is 35.5. The fraction of sp³-hybridized carbons (Fsp3) is 0.182. The maximum Gasteiger partial charge on any atom is 0.197 e. The molecule has 0 aromatic carbocycles. The first kappa shape index (κ1) is 10.8. The summed E-state index contributed by atoms with van der Waals surface area (Å²) in [4.78, 5) is 5.46. The van der Waals surface area contributed by atoms with Crippen molar-refractivity contribution >= 4 is 27.9 Å². The van der Waals surface area contributed by atoms with Crippen LogP contribution in [0.4, 0.5) is 0 Å². The summed E-state index contributed by atoms with van der Waals surface area (Å²) in [7, 11) is 0. The summed E-state index contributed by atoms with van der Waals surface area (Å²) >= 11 is 7.49. The lowest BCUT2D eigenvalue weighted by atomic mass is 10.1. The Hall–Kier alpha value is -1.30. The highest BCUT2D eigenvalue weighted by molar-refractivity contribution is 7.15. The number of nitrogens with zero attached hydrogens (tertiary/aromatic N) is 2. The first-order valence-corrected chi connectivity index (χ1v) is 6.39. The highest BCUT2D eigenvalue weighted by Crippen LogP contribution is 2.25. The van der Waals surface area contributed by atoms with E-state index in [9.17, 15) is 0 Å². The van der Waals surface area contributed by atoms with Crippen LogP contribution in [-0.2, 0) is 6.42 Å². The predicted molar refractivity (Wildman–Crippen MR) is 67.4 cm³/mol. The smallest absolute Gasteiger partial charge is 0.197 e. The fourth-order valence-corrected chi connectivity index (χ4v) is 2.75. The number of imidazole rings is 1. The first-order valence-electron chi connectivity index (χ1n) is 5.13. The van der Waals surface area contributed by atoms with Gasteiger partial charge >= 0.3 is 0 Å². The molecule has 17 heavy (non-hydrogen) atoms. The van der Waals surface area contributed by atoms with Gasteiger partial charge in [0.25, 0.3) is 0 Å². The topological polar surface area (TPSA) is 56.5 Å². The predicted octanol–water partition coefficient (Wildman–Crippen LogP) is 2.88. The van der Waals surface area contributed by atoms with Crippen LogP contribution in [0.2, 0.25) is 5.22 Å². The molecule has 0 radical (unpaired) electrons. The van der Waals surface area contributed by atoms with Crippen molar-refractivity contribution in [3.8, 4) is 0 Å². The fourth-order valence-electron chi connectivity index (χ4n) is 1.78. The number of aromatic nitrogens is 2. The van der Waals surface area contributed by atoms with Gasteiger partial charge < -0.3 is 10.2 Å². The Bertz CT molecular complexity index is 613. The van der Waals surface area contributed by atoms with E-state index in [1.807, 2.05) is 22.2 Å². The molecule has 0 amide bonds. The molecule has 1 unspecified atom stereocenters. The number of nitrogens with two attached hydrogens (primary N) is 1. The molecular weight excluding hydrogens is 258 g/mol. The third-order valence-electron chi connectivity index (χ3n) is 2.62. The third kappa shape index (κ3) is 1.97. The second-order valence-electron chi connectivity index (χ2n) is 3.79. The molecule has 3 rings (SSSR count).